The van der Waals surface area contributed by atoms with Crippen molar-refractivity contribution < 1.29 is 9.63 Å². The molecular formula is C33H33NO2S. The van der Waals surface area contributed by atoms with E-state index < -0.39 is 0 Å². The summed E-state index contributed by atoms with van der Waals surface area (Å²) in [6, 6.07) is 38.0. The smallest absolute Gasteiger partial charge is 0.210 e. The van der Waals surface area contributed by atoms with Crippen LogP contribution in [0.3, 0.4) is 0 Å². The number of unbranched alkanes of at least 4 members (excludes halogenated alkanes) is 3. The first-order valence-corrected chi connectivity index (χ1v) is 13.8. The van der Waals surface area contributed by atoms with Crippen molar-refractivity contribution in [2.75, 3.05) is 0 Å². The summed E-state index contributed by atoms with van der Waals surface area (Å²) in [7, 11) is 0. The van der Waals surface area contributed by atoms with Crippen LogP contribution in [0.1, 0.15) is 66.6 Å². The Morgan fingerprint density at radius 2 is 1.24 bits per heavy atom. The van der Waals surface area contributed by atoms with E-state index in [1.807, 2.05) is 103 Å². The number of oxime groups is 1. The number of nitrogens with zero attached hydrogens (tertiary/aromatic N) is 1. The molecule has 4 aromatic rings. The topological polar surface area (TPSA) is 38.7 Å². The summed E-state index contributed by atoms with van der Waals surface area (Å²) < 4.78 is 0. The predicted octanol–water partition coefficient (Wildman–Crippen LogP) is 9.15. The number of ketones is 1. The highest BCUT2D eigenvalue weighted by atomic mass is 32.2. The molecule has 37 heavy (non-hydrogen) atoms. The zero-order valence-corrected chi connectivity index (χ0v) is 22.1. The fourth-order valence-corrected chi connectivity index (χ4v) is 4.91. The molecule has 4 rings (SSSR count). The summed E-state index contributed by atoms with van der Waals surface area (Å²) in [5.74, 6) is -0.0763. The van der Waals surface area contributed by atoms with E-state index in [4.69, 9.17) is 4.84 Å². The minimum Gasteiger partial charge on any atom is -0.382 e. The Kier molecular flexibility index (Phi) is 10.1. The fraction of sp³-hybridized carbons (Fsp3) is 0.212. The van der Waals surface area contributed by atoms with Crippen LogP contribution >= 0.6 is 11.8 Å². The number of hydrogen-bond donors (Lipinski definition) is 0. The quantitative estimate of drug-likeness (QED) is 0.0783. The largest absolute Gasteiger partial charge is 0.382 e. The third kappa shape index (κ3) is 7.93. The lowest BCUT2D eigenvalue weighted by molar-refractivity contribution is 0.0838. The molecule has 0 bridgehead atoms. The van der Waals surface area contributed by atoms with Gasteiger partial charge in [0.15, 0.2) is 6.10 Å². The molecule has 0 unspecified atom stereocenters. The third-order valence-electron chi connectivity index (χ3n) is 6.10. The Balaban J connectivity index is 1.55. The Morgan fingerprint density at radius 3 is 1.81 bits per heavy atom. The van der Waals surface area contributed by atoms with E-state index in [2.05, 4.69) is 24.2 Å². The molecule has 0 aliphatic carbocycles. The molecule has 0 heterocycles. The SMILES string of the molecule is CCCCCCC(=NOC(c1ccccc1)c1ccccc1)C(=O)c1ccc(Sc2ccccc2)cc1. The zero-order valence-electron chi connectivity index (χ0n) is 21.3. The molecule has 4 heteroatoms. The summed E-state index contributed by atoms with van der Waals surface area (Å²) in [4.78, 5) is 21.9. The summed E-state index contributed by atoms with van der Waals surface area (Å²) >= 11 is 1.68. The third-order valence-corrected chi connectivity index (χ3v) is 7.11. The van der Waals surface area contributed by atoms with Gasteiger partial charge in [-0.05, 0) is 60.4 Å². The molecule has 0 saturated heterocycles. The van der Waals surface area contributed by atoms with Crippen LogP contribution in [0.25, 0.3) is 0 Å². The first-order chi connectivity index (χ1) is 18.2. The normalized spacial score (nSPS) is 11.5. The van der Waals surface area contributed by atoms with E-state index in [0.29, 0.717) is 17.7 Å². The van der Waals surface area contributed by atoms with Gasteiger partial charge in [-0.1, -0.05) is 122 Å². The van der Waals surface area contributed by atoms with Gasteiger partial charge in [-0.2, -0.15) is 0 Å². The second-order valence-corrected chi connectivity index (χ2v) is 10.1. The Labute approximate surface area is 224 Å². The van der Waals surface area contributed by atoms with Crippen LogP contribution in [0.2, 0.25) is 0 Å². The summed E-state index contributed by atoms with van der Waals surface area (Å²) in [6.45, 7) is 2.18. The number of Topliss-reactive ketones (excluding diaryl/α,β-unsaturated/α-hetero) is 1. The summed E-state index contributed by atoms with van der Waals surface area (Å²) in [5.41, 5.74) is 3.10. The van der Waals surface area contributed by atoms with E-state index in [-0.39, 0.29) is 11.9 Å². The van der Waals surface area contributed by atoms with Gasteiger partial charge >= 0.3 is 0 Å². The number of carbonyl (C=O) groups is 1. The Bertz CT molecular complexity index is 1220. The molecule has 0 amide bonds. The molecule has 0 spiro atoms. The number of benzene rings is 4. The van der Waals surface area contributed by atoms with Crippen LogP contribution in [0.15, 0.2) is 130 Å². The van der Waals surface area contributed by atoms with E-state index in [9.17, 15) is 4.79 Å². The van der Waals surface area contributed by atoms with Gasteiger partial charge in [0.2, 0.25) is 5.78 Å². The minimum atomic E-state index is -0.384. The van der Waals surface area contributed by atoms with Crippen LogP contribution in [0.5, 0.6) is 0 Å². The van der Waals surface area contributed by atoms with Crippen LogP contribution in [-0.2, 0) is 4.84 Å². The monoisotopic (exact) mass is 507 g/mol. The molecule has 0 aliphatic rings. The van der Waals surface area contributed by atoms with Gasteiger partial charge in [0.05, 0.1) is 0 Å². The fourth-order valence-electron chi connectivity index (χ4n) is 4.07. The van der Waals surface area contributed by atoms with Crippen LogP contribution in [0, 0.1) is 0 Å². The molecule has 0 aliphatic heterocycles. The molecule has 0 saturated carbocycles. The molecule has 188 valence electrons. The minimum absolute atomic E-state index is 0.0763. The Morgan fingerprint density at radius 1 is 0.703 bits per heavy atom. The molecule has 3 nitrogen and oxygen atoms in total. The number of hydrogen-bond acceptors (Lipinski definition) is 4. The molecule has 0 fully saturated rings. The van der Waals surface area contributed by atoms with Gasteiger partial charge in [0.1, 0.15) is 5.71 Å². The van der Waals surface area contributed by atoms with Crippen molar-refractivity contribution in [2.24, 2.45) is 5.16 Å². The van der Waals surface area contributed by atoms with Crippen molar-refractivity contribution in [3.8, 4) is 0 Å². The maximum absolute atomic E-state index is 13.5. The standard InChI is InChI=1S/C33H33NO2S/c1-2-3-4-14-21-31(32(35)26-22-24-30(25-23-26)37-29-19-12-7-13-20-29)34-36-33(27-15-8-5-9-16-27)28-17-10-6-11-18-28/h5-13,15-20,22-25,33H,2-4,14,21H2,1H3. The average Bonchev–Trinajstić information content (AvgIpc) is 2.96. The lowest BCUT2D eigenvalue weighted by atomic mass is 10.0. The number of carbonyl (C=O) groups excluding carboxylic acids is 1. The second kappa shape index (κ2) is 14.2. The van der Waals surface area contributed by atoms with Gasteiger partial charge in [0, 0.05) is 15.4 Å². The first kappa shape index (κ1) is 26.4. The van der Waals surface area contributed by atoms with E-state index in [0.717, 1.165) is 41.7 Å². The number of rotatable bonds is 13. The highest BCUT2D eigenvalue weighted by Gasteiger charge is 2.19. The van der Waals surface area contributed by atoms with Gasteiger partial charge in [-0.15, -0.1) is 0 Å². The van der Waals surface area contributed by atoms with E-state index in [1.165, 1.54) is 4.90 Å². The average molecular weight is 508 g/mol. The molecule has 0 radical (unpaired) electrons. The highest BCUT2D eigenvalue weighted by molar-refractivity contribution is 7.99. The predicted molar refractivity (Wildman–Crippen MR) is 153 cm³/mol. The van der Waals surface area contributed by atoms with Crippen molar-refractivity contribution in [2.45, 2.75) is 54.9 Å². The second-order valence-electron chi connectivity index (χ2n) is 8.92. The van der Waals surface area contributed by atoms with Crippen molar-refractivity contribution in [1.82, 2.24) is 0 Å². The maximum atomic E-state index is 13.5. The van der Waals surface area contributed by atoms with Crippen molar-refractivity contribution >= 4 is 23.3 Å². The molecule has 0 aromatic heterocycles. The molecule has 0 atom stereocenters. The maximum Gasteiger partial charge on any atom is 0.210 e. The highest BCUT2D eigenvalue weighted by Crippen LogP contribution is 2.28. The zero-order chi connectivity index (χ0) is 25.7. The van der Waals surface area contributed by atoms with Crippen LogP contribution in [-0.4, -0.2) is 11.5 Å². The first-order valence-electron chi connectivity index (χ1n) is 12.9. The van der Waals surface area contributed by atoms with E-state index >= 15 is 0 Å². The van der Waals surface area contributed by atoms with Gasteiger partial charge in [0.25, 0.3) is 0 Å². The Hall–Kier alpha value is -3.63. The summed E-state index contributed by atoms with van der Waals surface area (Å²) in [5, 5.41) is 4.50. The molecule has 0 N–H and O–H groups in total. The van der Waals surface area contributed by atoms with Gasteiger partial charge in [-0.3, -0.25) is 4.79 Å². The van der Waals surface area contributed by atoms with Crippen LogP contribution < -0.4 is 0 Å². The van der Waals surface area contributed by atoms with Crippen molar-refractivity contribution in [3.63, 3.8) is 0 Å². The summed E-state index contributed by atoms with van der Waals surface area (Å²) in [6.07, 6.45) is 4.47. The molecule has 4 aromatic carbocycles. The molecular weight excluding hydrogens is 474 g/mol. The van der Waals surface area contributed by atoms with Crippen molar-refractivity contribution in [3.05, 3.63) is 132 Å². The van der Waals surface area contributed by atoms with Crippen LogP contribution in [0.4, 0.5) is 0 Å². The van der Waals surface area contributed by atoms with Gasteiger partial charge in [-0.25, -0.2) is 0 Å². The lowest BCUT2D eigenvalue weighted by Gasteiger charge is -2.17. The van der Waals surface area contributed by atoms with Gasteiger partial charge < -0.3 is 4.84 Å². The lowest BCUT2D eigenvalue weighted by Crippen LogP contribution is -2.16. The van der Waals surface area contributed by atoms with Crippen molar-refractivity contribution in [1.29, 1.82) is 0 Å². The van der Waals surface area contributed by atoms with E-state index in [1.54, 1.807) is 11.8 Å².